The van der Waals surface area contributed by atoms with Crippen molar-refractivity contribution in [2.24, 2.45) is 0 Å². The van der Waals surface area contributed by atoms with E-state index in [1.807, 2.05) is 18.0 Å². The molecule has 1 unspecified atom stereocenters. The number of hydrogen-bond donors (Lipinski definition) is 1. The van der Waals surface area contributed by atoms with Crippen LogP contribution in [-0.2, 0) is 6.42 Å². The molecule has 0 fully saturated rings. The highest BCUT2D eigenvalue weighted by molar-refractivity contribution is 5.68. The second-order valence-corrected chi connectivity index (χ2v) is 5.46. The SMILES string of the molecule is CC1CCc2cc(N(C)c3cccc(F)c3)ccc2N1. The highest BCUT2D eigenvalue weighted by atomic mass is 19.1. The van der Waals surface area contributed by atoms with E-state index in [-0.39, 0.29) is 5.82 Å². The molecule has 2 nitrogen and oxygen atoms in total. The number of anilines is 3. The van der Waals surface area contributed by atoms with Crippen LogP contribution in [0.3, 0.4) is 0 Å². The van der Waals surface area contributed by atoms with Crippen LogP contribution in [-0.4, -0.2) is 13.1 Å². The Morgan fingerprint density at radius 2 is 1.95 bits per heavy atom. The number of nitrogens with zero attached hydrogens (tertiary/aromatic N) is 1. The molecule has 0 saturated carbocycles. The maximum absolute atomic E-state index is 13.3. The van der Waals surface area contributed by atoms with Gasteiger partial charge in [0.25, 0.3) is 0 Å². The van der Waals surface area contributed by atoms with Gasteiger partial charge in [0.1, 0.15) is 5.82 Å². The maximum atomic E-state index is 13.3. The average Bonchev–Trinajstić information content (AvgIpc) is 2.46. The zero-order chi connectivity index (χ0) is 14.1. The lowest BCUT2D eigenvalue weighted by Crippen LogP contribution is -2.22. The van der Waals surface area contributed by atoms with E-state index >= 15 is 0 Å². The summed E-state index contributed by atoms with van der Waals surface area (Å²) in [5, 5.41) is 3.50. The summed E-state index contributed by atoms with van der Waals surface area (Å²) in [5.41, 5.74) is 4.51. The lowest BCUT2D eigenvalue weighted by molar-refractivity contribution is 0.628. The van der Waals surface area contributed by atoms with E-state index in [0.717, 1.165) is 24.2 Å². The van der Waals surface area contributed by atoms with Crippen molar-refractivity contribution in [1.29, 1.82) is 0 Å². The Hall–Kier alpha value is -2.03. The van der Waals surface area contributed by atoms with Crippen molar-refractivity contribution in [2.75, 3.05) is 17.3 Å². The van der Waals surface area contributed by atoms with Crippen LogP contribution in [0.15, 0.2) is 42.5 Å². The Labute approximate surface area is 119 Å². The van der Waals surface area contributed by atoms with Crippen molar-refractivity contribution in [1.82, 2.24) is 0 Å². The molecule has 20 heavy (non-hydrogen) atoms. The van der Waals surface area contributed by atoms with Crippen molar-refractivity contribution >= 4 is 17.1 Å². The quantitative estimate of drug-likeness (QED) is 0.873. The van der Waals surface area contributed by atoms with Gasteiger partial charge in [-0.25, -0.2) is 4.39 Å². The highest BCUT2D eigenvalue weighted by Gasteiger charge is 2.15. The Kier molecular flexibility index (Phi) is 3.35. The molecule has 2 aromatic carbocycles. The highest BCUT2D eigenvalue weighted by Crippen LogP contribution is 2.31. The summed E-state index contributed by atoms with van der Waals surface area (Å²) in [7, 11) is 1.97. The summed E-state index contributed by atoms with van der Waals surface area (Å²) >= 11 is 0. The molecule has 0 aromatic heterocycles. The first-order valence-corrected chi connectivity index (χ1v) is 7.02. The van der Waals surface area contributed by atoms with Gasteiger partial charge in [-0.2, -0.15) is 0 Å². The van der Waals surface area contributed by atoms with Crippen molar-refractivity contribution in [3.63, 3.8) is 0 Å². The molecule has 0 saturated heterocycles. The van der Waals surface area contributed by atoms with Gasteiger partial charge in [-0.1, -0.05) is 6.07 Å². The molecule has 3 rings (SSSR count). The van der Waals surface area contributed by atoms with Crippen molar-refractivity contribution < 1.29 is 4.39 Å². The summed E-state index contributed by atoms with van der Waals surface area (Å²) in [6.07, 6.45) is 2.24. The minimum absolute atomic E-state index is 0.206. The molecular weight excluding hydrogens is 251 g/mol. The molecule has 0 bridgehead atoms. The van der Waals surface area contributed by atoms with E-state index in [1.54, 1.807) is 12.1 Å². The molecule has 0 spiro atoms. The molecule has 1 heterocycles. The molecule has 2 aromatic rings. The third-order valence-corrected chi connectivity index (χ3v) is 3.92. The van der Waals surface area contributed by atoms with Crippen molar-refractivity contribution in [2.45, 2.75) is 25.8 Å². The minimum atomic E-state index is -0.206. The number of nitrogens with one attached hydrogen (secondary N) is 1. The maximum Gasteiger partial charge on any atom is 0.125 e. The monoisotopic (exact) mass is 270 g/mol. The van der Waals surface area contributed by atoms with Crippen LogP contribution in [0.2, 0.25) is 0 Å². The van der Waals surface area contributed by atoms with Gasteiger partial charge < -0.3 is 10.2 Å². The Morgan fingerprint density at radius 1 is 1.15 bits per heavy atom. The molecule has 1 aliphatic heterocycles. The smallest absolute Gasteiger partial charge is 0.125 e. The summed E-state index contributed by atoms with van der Waals surface area (Å²) in [4.78, 5) is 2.02. The Morgan fingerprint density at radius 3 is 2.75 bits per heavy atom. The number of fused-ring (bicyclic) bond motifs is 1. The van der Waals surface area contributed by atoms with Gasteiger partial charge in [-0.3, -0.25) is 0 Å². The first kappa shape index (κ1) is 13.0. The van der Waals surface area contributed by atoms with Crippen LogP contribution >= 0.6 is 0 Å². The number of halogens is 1. The number of rotatable bonds is 2. The molecular formula is C17H19FN2. The van der Waals surface area contributed by atoms with Gasteiger partial charge in [-0.15, -0.1) is 0 Å². The van der Waals surface area contributed by atoms with Gasteiger partial charge in [0.2, 0.25) is 0 Å². The normalized spacial score (nSPS) is 17.2. The number of hydrogen-bond acceptors (Lipinski definition) is 2. The van der Waals surface area contributed by atoms with E-state index in [1.165, 1.54) is 17.3 Å². The van der Waals surface area contributed by atoms with Gasteiger partial charge in [0, 0.05) is 30.2 Å². The third kappa shape index (κ3) is 2.48. The van der Waals surface area contributed by atoms with Crippen LogP contribution in [0.5, 0.6) is 0 Å². The Bertz CT molecular complexity index is 624. The third-order valence-electron chi connectivity index (χ3n) is 3.92. The fourth-order valence-electron chi connectivity index (χ4n) is 2.68. The standard InChI is InChI=1S/C17H19FN2/c1-12-6-7-13-10-16(8-9-17(13)19-12)20(2)15-5-3-4-14(18)11-15/h3-5,8-12,19H,6-7H2,1-2H3. The van der Waals surface area contributed by atoms with Gasteiger partial charge in [0.05, 0.1) is 0 Å². The largest absolute Gasteiger partial charge is 0.382 e. The second kappa shape index (κ2) is 5.16. The molecule has 0 aliphatic carbocycles. The fourth-order valence-corrected chi connectivity index (χ4v) is 2.68. The van der Waals surface area contributed by atoms with E-state index in [0.29, 0.717) is 6.04 Å². The van der Waals surface area contributed by atoms with Crippen LogP contribution in [0.4, 0.5) is 21.5 Å². The zero-order valence-electron chi connectivity index (χ0n) is 11.9. The van der Waals surface area contributed by atoms with Crippen molar-refractivity contribution in [3.05, 3.63) is 53.8 Å². The zero-order valence-corrected chi connectivity index (χ0v) is 11.9. The molecule has 3 heteroatoms. The first-order valence-electron chi connectivity index (χ1n) is 7.02. The lowest BCUT2D eigenvalue weighted by atomic mass is 9.98. The topological polar surface area (TPSA) is 15.3 Å². The molecule has 1 N–H and O–H groups in total. The molecule has 104 valence electrons. The summed E-state index contributed by atoms with van der Waals surface area (Å²) in [5.74, 6) is -0.206. The van der Waals surface area contributed by atoms with Gasteiger partial charge in [-0.05, 0) is 61.7 Å². The molecule has 0 radical (unpaired) electrons. The van der Waals surface area contributed by atoms with E-state index in [2.05, 4.69) is 30.4 Å². The first-order chi connectivity index (χ1) is 9.63. The fraction of sp³-hybridized carbons (Fsp3) is 0.294. The van der Waals surface area contributed by atoms with Gasteiger partial charge in [0.15, 0.2) is 0 Å². The van der Waals surface area contributed by atoms with Crippen LogP contribution in [0.25, 0.3) is 0 Å². The summed E-state index contributed by atoms with van der Waals surface area (Å²) in [6, 6.07) is 13.6. The summed E-state index contributed by atoms with van der Waals surface area (Å²) in [6.45, 7) is 2.20. The van der Waals surface area contributed by atoms with E-state index in [9.17, 15) is 4.39 Å². The number of benzene rings is 2. The van der Waals surface area contributed by atoms with E-state index in [4.69, 9.17) is 0 Å². The molecule has 1 aliphatic rings. The van der Waals surface area contributed by atoms with Crippen molar-refractivity contribution in [3.8, 4) is 0 Å². The predicted octanol–water partition coefficient (Wildman–Crippen LogP) is 4.34. The van der Waals surface area contributed by atoms with Crippen LogP contribution in [0.1, 0.15) is 18.9 Å². The summed E-state index contributed by atoms with van der Waals surface area (Å²) < 4.78 is 13.3. The Balaban J connectivity index is 1.91. The lowest BCUT2D eigenvalue weighted by Gasteiger charge is -2.27. The minimum Gasteiger partial charge on any atom is -0.382 e. The second-order valence-electron chi connectivity index (χ2n) is 5.46. The average molecular weight is 270 g/mol. The van der Waals surface area contributed by atoms with Crippen LogP contribution in [0, 0.1) is 5.82 Å². The molecule has 0 amide bonds. The van der Waals surface area contributed by atoms with Gasteiger partial charge >= 0.3 is 0 Å². The van der Waals surface area contributed by atoms with Crippen LogP contribution < -0.4 is 10.2 Å². The van der Waals surface area contributed by atoms with E-state index < -0.39 is 0 Å². The molecule has 1 atom stereocenters. The number of aryl methyl sites for hydroxylation is 1. The predicted molar refractivity (Wildman–Crippen MR) is 82.3 cm³/mol.